The Balaban J connectivity index is 2.06. The van der Waals surface area contributed by atoms with Crippen LogP contribution in [-0.4, -0.2) is 44.5 Å². The number of amides is 1. The van der Waals surface area contributed by atoms with E-state index in [2.05, 4.69) is 48.7 Å². The number of carbonyl (C=O) groups is 1. The van der Waals surface area contributed by atoms with Crippen LogP contribution in [-0.2, 0) is 11.3 Å². The van der Waals surface area contributed by atoms with E-state index in [0.29, 0.717) is 13.0 Å². The summed E-state index contributed by atoms with van der Waals surface area (Å²) in [6.07, 6.45) is 1.64. The van der Waals surface area contributed by atoms with Crippen LogP contribution in [0.3, 0.4) is 0 Å². The van der Waals surface area contributed by atoms with E-state index in [1.165, 1.54) is 5.56 Å². The van der Waals surface area contributed by atoms with Crippen molar-refractivity contribution in [3.8, 4) is 0 Å². The van der Waals surface area contributed by atoms with Gasteiger partial charge in [-0.05, 0) is 46.1 Å². The number of hydrogen-bond acceptors (Lipinski definition) is 3. The van der Waals surface area contributed by atoms with Gasteiger partial charge in [0.25, 0.3) is 0 Å². The van der Waals surface area contributed by atoms with Gasteiger partial charge < -0.3 is 15.5 Å². The third kappa shape index (κ3) is 7.92. The molecule has 1 amide bonds. The molecular formula is C16H27N3O. The van der Waals surface area contributed by atoms with Crippen LogP contribution in [0, 0.1) is 6.92 Å². The van der Waals surface area contributed by atoms with Gasteiger partial charge in [-0.2, -0.15) is 0 Å². The van der Waals surface area contributed by atoms with Crippen molar-refractivity contribution >= 4 is 5.91 Å². The second kappa shape index (κ2) is 9.50. The third-order valence-electron chi connectivity index (χ3n) is 3.06. The van der Waals surface area contributed by atoms with Gasteiger partial charge in [-0.3, -0.25) is 4.79 Å². The lowest BCUT2D eigenvalue weighted by Crippen LogP contribution is -2.28. The summed E-state index contributed by atoms with van der Waals surface area (Å²) in [6, 6.07) is 8.21. The van der Waals surface area contributed by atoms with Gasteiger partial charge in [0, 0.05) is 19.5 Å². The molecule has 0 fully saturated rings. The monoisotopic (exact) mass is 277 g/mol. The first-order valence-electron chi connectivity index (χ1n) is 7.25. The van der Waals surface area contributed by atoms with Crippen molar-refractivity contribution < 1.29 is 4.79 Å². The molecule has 2 N–H and O–H groups in total. The first kappa shape index (κ1) is 16.7. The first-order valence-corrected chi connectivity index (χ1v) is 7.25. The Kier molecular flexibility index (Phi) is 7.92. The molecule has 0 aliphatic carbocycles. The van der Waals surface area contributed by atoms with Crippen LogP contribution < -0.4 is 10.6 Å². The van der Waals surface area contributed by atoms with Crippen LogP contribution in [0.15, 0.2) is 24.3 Å². The van der Waals surface area contributed by atoms with E-state index in [0.717, 1.165) is 31.6 Å². The van der Waals surface area contributed by atoms with Gasteiger partial charge in [0.05, 0.1) is 0 Å². The van der Waals surface area contributed by atoms with Crippen molar-refractivity contribution in [2.75, 3.05) is 33.7 Å². The Hall–Kier alpha value is -1.39. The molecule has 0 spiro atoms. The molecule has 0 aromatic heterocycles. The molecule has 0 aliphatic heterocycles. The summed E-state index contributed by atoms with van der Waals surface area (Å²) in [5.74, 6) is 0.103. The summed E-state index contributed by atoms with van der Waals surface area (Å²) in [5.41, 5.74) is 2.37. The maximum absolute atomic E-state index is 11.7. The predicted molar refractivity (Wildman–Crippen MR) is 83.7 cm³/mol. The van der Waals surface area contributed by atoms with Gasteiger partial charge in [0.2, 0.25) is 5.91 Å². The fourth-order valence-corrected chi connectivity index (χ4v) is 1.96. The molecular weight excluding hydrogens is 250 g/mol. The highest BCUT2D eigenvalue weighted by Gasteiger charge is 2.01. The fraction of sp³-hybridized carbons (Fsp3) is 0.562. The quantitative estimate of drug-likeness (QED) is 0.673. The number of rotatable bonds is 9. The van der Waals surface area contributed by atoms with Gasteiger partial charge in [-0.1, -0.05) is 29.8 Å². The molecule has 20 heavy (non-hydrogen) atoms. The molecule has 0 bridgehead atoms. The average molecular weight is 277 g/mol. The summed E-state index contributed by atoms with van der Waals surface area (Å²) in [7, 11) is 4.14. The smallest absolute Gasteiger partial charge is 0.221 e. The van der Waals surface area contributed by atoms with Crippen molar-refractivity contribution in [1.29, 1.82) is 0 Å². The van der Waals surface area contributed by atoms with E-state index < -0.39 is 0 Å². The minimum atomic E-state index is 0.103. The van der Waals surface area contributed by atoms with E-state index in [4.69, 9.17) is 0 Å². The van der Waals surface area contributed by atoms with Crippen molar-refractivity contribution in [1.82, 2.24) is 15.5 Å². The van der Waals surface area contributed by atoms with Crippen molar-refractivity contribution in [3.63, 3.8) is 0 Å². The fourth-order valence-electron chi connectivity index (χ4n) is 1.96. The van der Waals surface area contributed by atoms with Gasteiger partial charge in [0.1, 0.15) is 0 Å². The highest BCUT2D eigenvalue weighted by molar-refractivity contribution is 5.76. The van der Waals surface area contributed by atoms with Crippen LogP contribution in [0.2, 0.25) is 0 Å². The lowest BCUT2D eigenvalue weighted by molar-refractivity contribution is -0.121. The molecule has 1 aromatic carbocycles. The van der Waals surface area contributed by atoms with Crippen molar-refractivity contribution in [2.45, 2.75) is 26.3 Å². The number of nitrogens with zero attached hydrogens (tertiary/aromatic N) is 1. The molecule has 0 radical (unpaired) electrons. The maximum atomic E-state index is 11.7. The predicted octanol–water partition coefficient (Wildman–Crippen LogP) is 1.54. The Labute approximate surface area is 122 Å². The second-order valence-corrected chi connectivity index (χ2v) is 5.42. The summed E-state index contributed by atoms with van der Waals surface area (Å²) >= 11 is 0. The summed E-state index contributed by atoms with van der Waals surface area (Å²) < 4.78 is 0. The van der Waals surface area contributed by atoms with Crippen molar-refractivity contribution in [3.05, 3.63) is 35.4 Å². The Morgan fingerprint density at radius 2 is 2.05 bits per heavy atom. The molecule has 0 saturated carbocycles. The molecule has 1 aromatic rings. The maximum Gasteiger partial charge on any atom is 0.221 e. The van der Waals surface area contributed by atoms with Crippen LogP contribution in [0.5, 0.6) is 0 Å². The van der Waals surface area contributed by atoms with Gasteiger partial charge in [0.15, 0.2) is 0 Å². The number of benzene rings is 1. The minimum absolute atomic E-state index is 0.103. The molecule has 1 rings (SSSR count). The molecule has 4 heteroatoms. The first-order chi connectivity index (χ1) is 9.58. The van der Waals surface area contributed by atoms with Crippen LogP contribution in [0.25, 0.3) is 0 Å². The molecule has 0 saturated heterocycles. The minimum Gasteiger partial charge on any atom is -0.352 e. The van der Waals surface area contributed by atoms with E-state index in [1.807, 2.05) is 12.1 Å². The average Bonchev–Trinajstić information content (AvgIpc) is 2.40. The number of nitrogens with one attached hydrogen (secondary N) is 2. The lowest BCUT2D eigenvalue weighted by atomic mass is 10.1. The second-order valence-electron chi connectivity index (χ2n) is 5.42. The van der Waals surface area contributed by atoms with Gasteiger partial charge in [-0.25, -0.2) is 0 Å². The van der Waals surface area contributed by atoms with Crippen molar-refractivity contribution in [2.24, 2.45) is 0 Å². The summed E-state index contributed by atoms with van der Waals surface area (Å²) in [4.78, 5) is 13.8. The van der Waals surface area contributed by atoms with E-state index >= 15 is 0 Å². The Morgan fingerprint density at radius 3 is 2.75 bits per heavy atom. The molecule has 0 heterocycles. The largest absolute Gasteiger partial charge is 0.352 e. The molecule has 112 valence electrons. The zero-order valence-electron chi connectivity index (χ0n) is 12.9. The molecule has 0 unspecified atom stereocenters. The van der Waals surface area contributed by atoms with E-state index in [9.17, 15) is 4.79 Å². The normalized spacial score (nSPS) is 10.8. The number of hydrogen-bond donors (Lipinski definition) is 2. The van der Waals surface area contributed by atoms with Gasteiger partial charge in [-0.15, -0.1) is 0 Å². The van der Waals surface area contributed by atoms with Crippen LogP contribution >= 0.6 is 0 Å². The highest BCUT2D eigenvalue weighted by atomic mass is 16.1. The van der Waals surface area contributed by atoms with Gasteiger partial charge >= 0.3 is 0 Å². The zero-order valence-corrected chi connectivity index (χ0v) is 12.9. The Morgan fingerprint density at radius 1 is 1.25 bits per heavy atom. The zero-order chi connectivity index (χ0) is 14.8. The van der Waals surface area contributed by atoms with E-state index in [1.54, 1.807) is 0 Å². The topological polar surface area (TPSA) is 44.4 Å². The van der Waals surface area contributed by atoms with E-state index in [-0.39, 0.29) is 5.91 Å². The molecule has 4 nitrogen and oxygen atoms in total. The number of aryl methyl sites for hydroxylation is 1. The Bertz CT molecular complexity index is 404. The highest BCUT2D eigenvalue weighted by Crippen LogP contribution is 2.03. The van der Waals surface area contributed by atoms with Crippen LogP contribution in [0.4, 0.5) is 0 Å². The molecule has 0 aliphatic rings. The molecule has 0 atom stereocenters. The summed E-state index contributed by atoms with van der Waals surface area (Å²) in [6.45, 7) is 5.45. The summed E-state index contributed by atoms with van der Waals surface area (Å²) in [5, 5.41) is 6.24. The lowest BCUT2D eigenvalue weighted by Gasteiger charge is -2.10. The van der Waals surface area contributed by atoms with Crippen LogP contribution in [0.1, 0.15) is 24.0 Å². The number of carbonyl (C=O) groups excluding carboxylic acids is 1. The SMILES string of the molecule is Cc1cccc(CNC(=O)CCNCCCN(C)C)c1. The third-order valence-corrected chi connectivity index (χ3v) is 3.06. The standard InChI is InChI=1S/C16H27N3O/c1-14-6-4-7-15(12-14)13-18-16(20)8-10-17-9-5-11-19(2)3/h4,6-7,12,17H,5,8-11,13H2,1-3H3,(H,18,20).